The first-order valence-electron chi connectivity index (χ1n) is 6.57. The van der Waals surface area contributed by atoms with E-state index in [-0.39, 0.29) is 12.5 Å². The van der Waals surface area contributed by atoms with Gasteiger partial charge in [-0.3, -0.25) is 14.4 Å². The Hall–Kier alpha value is -1.63. The van der Waals surface area contributed by atoms with Crippen LogP contribution in [0.4, 0.5) is 0 Å². The maximum Gasteiger partial charge on any atom is 0.312 e. The second-order valence-electron chi connectivity index (χ2n) is 4.60. The van der Waals surface area contributed by atoms with E-state index in [2.05, 4.69) is 0 Å². The standard InChI is InChI=1S/C12H19N3O4/c1-2-13-3-4-15(12(18)11(13)17)9-10(16)14-5-7-19-8-6-14/h2-9H2,1H3. The molecule has 0 radical (unpaired) electrons. The van der Waals surface area contributed by atoms with Crippen LogP contribution in [0.1, 0.15) is 6.92 Å². The molecule has 0 aliphatic carbocycles. The molecule has 0 spiro atoms. The van der Waals surface area contributed by atoms with Crippen molar-refractivity contribution >= 4 is 17.7 Å². The van der Waals surface area contributed by atoms with Crippen LogP contribution in [0.3, 0.4) is 0 Å². The van der Waals surface area contributed by atoms with E-state index in [0.29, 0.717) is 45.9 Å². The summed E-state index contributed by atoms with van der Waals surface area (Å²) in [5, 5.41) is 0. The number of morpholine rings is 1. The van der Waals surface area contributed by atoms with Gasteiger partial charge < -0.3 is 19.4 Å². The second kappa shape index (κ2) is 6.01. The first-order valence-corrected chi connectivity index (χ1v) is 6.57. The lowest BCUT2D eigenvalue weighted by Crippen LogP contribution is -2.57. The van der Waals surface area contributed by atoms with E-state index in [0.717, 1.165) is 0 Å². The van der Waals surface area contributed by atoms with Gasteiger partial charge in [-0.05, 0) is 6.92 Å². The third-order valence-electron chi connectivity index (χ3n) is 3.47. The predicted molar refractivity (Wildman–Crippen MR) is 66.2 cm³/mol. The molecule has 2 aliphatic rings. The number of nitrogens with zero attached hydrogens (tertiary/aromatic N) is 3. The molecule has 0 bridgehead atoms. The molecule has 0 unspecified atom stereocenters. The van der Waals surface area contributed by atoms with Gasteiger partial charge in [0.05, 0.1) is 13.2 Å². The molecule has 106 valence electrons. The van der Waals surface area contributed by atoms with Gasteiger partial charge >= 0.3 is 11.8 Å². The number of amides is 3. The summed E-state index contributed by atoms with van der Waals surface area (Å²) in [6.07, 6.45) is 0. The minimum absolute atomic E-state index is 0.0118. The number of carbonyl (C=O) groups is 3. The normalized spacial score (nSPS) is 21.0. The zero-order valence-corrected chi connectivity index (χ0v) is 11.1. The van der Waals surface area contributed by atoms with E-state index < -0.39 is 11.8 Å². The fourth-order valence-electron chi connectivity index (χ4n) is 2.24. The van der Waals surface area contributed by atoms with Crippen molar-refractivity contribution in [3.63, 3.8) is 0 Å². The largest absolute Gasteiger partial charge is 0.378 e. The zero-order valence-electron chi connectivity index (χ0n) is 11.1. The van der Waals surface area contributed by atoms with Gasteiger partial charge in [0.2, 0.25) is 5.91 Å². The summed E-state index contributed by atoms with van der Waals surface area (Å²) in [6.45, 7) is 5.43. The first kappa shape index (κ1) is 13.8. The summed E-state index contributed by atoms with van der Waals surface area (Å²) in [6, 6.07) is 0. The molecule has 0 saturated carbocycles. The average Bonchev–Trinajstić information content (AvgIpc) is 2.45. The van der Waals surface area contributed by atoms with Gasteiger partial charge in [0.1, 0.15) is 6.54 Å². The molecule has 2 heterocycles. The van der Waals surface area contributed by atoms with Crippen LogP contribution >= 0.6 is 0 Å². The van der Waals surface area contributed by atoms with E-state index in [1.807, 2.05) is 6.92 Å². The molecule has 7 nitrogen and oxygen atoms in total. The van der Waals surface area contributed by atoms with Crippen molar-refractivity contribution in [3.05, 3.63) is 0 Å². The third-order valence-corrected chi connectivity index (χ3v) is 3.47. The number of likely N-dealkylation sites (N-methyl/N-ethyl adjacent to an activating group) is 1. The highest BCUT2D eigenvalue weighted by atomic mass is 16.5. The number of carbonyl (C=O) groups excluding carboxylic acids is 3. The Morgan fingerprint density at radius 2 is 1.63 bits per heavy atom. The smallest absolute Gasteiger partial charge is 0.312 e. The van der Waals surface area contributed by atoms with Crippen molar-refractivity contribution in [2.45, 2.75) is 6.92 Å². The summed E-state index contributed by atoms with van der Waals surface area (Å²) >= 11 is 0. The lowest BCUT2D eigenvalue weighted by Gasteiger charge is -2.34. The lowest BCUT2D eigenvalue weighted by atomic mass is 10.2. The minimum atomic E-state index is -0.574. The molecule has 0 atom stereocenters. The number of hydrogen-bond donors (Lipinski definition) is 0. The van der Waals surface area contributed by atoms with Gasteiger partial charge in [-0.2, -0.15) is 0 Å². The van der Waals surface area contributed by atoms with Crippen LogP contribution in [0.15, 0.2) is 0 Å². The predicted octanol–water partition coefficient (Wildman–Crippen LogP) is -1.46. The first-order chi connectivity index (χ1) is 9.13. The monoisotopic (exact) mass is 269 g/mol. The molecular formula is C12H19N3O4. The van der Waals surface area contributed by atoms with Crippen LogP contribution in [-0.4, -0.2) is 84.9 Å². The van der Waals surface area contributed by atoms with Crippen LogP contribution < -0.4 is 0 Å². The van der Waals surface area contributed by atoms with Crippen LogP contribution in [0.5, 0.6) is 0 Å². The molecule has 0 N–H and O–H groups in total. The topological polar surface area (TPSA) is 70.2 Å². The maximum absolute atomic E-state index is 12.0. The summed E-state index contributed by atoms with van der Waals surface area (Å²) < 4.78 is 5.17. The Morgan fingerprint density at radius 1 is 1.05 bits per heavy atom. The van der Waals surface area contributed by atoms with Crippen LogP contribution in [0.25, 0.3) is 0 Å². The number of piperazine rings is 1. The molecule has 2 aliphatic heterocycles. The summed E-state index contributed by atoms with van der Waals surface area (Å²) in [4.78, 5) is 40.1. The van der Waals surface area contributed by atoms with Crippen molar-refractivity contribution < 1.29 is 19.1 Å². The molecule has 0 aromatic heterocycles. The van der Waals surface area contributed by atoms with Crippen LogP contribution in [0.2, 0.25) is 0 Å². The molecular weight excluding hydrogens is 250 g/mol. The average molecular weight is 269 g/mol. The minimum Gasteiger partial charge on any atom is -0.378 e. The fraction of sp³-hybridized carbons (Fsp3) is 0.750. The highest BCUT2D eigenvalue weighted by molar-refractivity contribution is 6.35. The van der Waals surface area contributed by atoms with Crippen molar-refractivity contribution in [1.82, 2.24) is 14.7 Å². The van der Waals surface area contributed by atoms with E-state index in [1.165, 1.54) is 9.80 Å². The van der Waals surface area contributed by atoms with E-state index >= 15 is 0 Å². The van der Waals surface area contributed by atoms with E-state index in [9.17, 15) is 14.4 Å². The molecule has 2 saturated heterocycles. The molecule has 19 heavy (non-hydrogen) atoms. The molecule has 7 heteroatoms. The highest BCUT2D eigenvalue weighted by Crippen LogP contribution is 2.06. The van der Waals surface area contributed by atoms with Gasteiger partial charge in [0.15, 0.2) is 0 Å². The third kappa shape index (κ3) is 3.04. The molecule has 0 aromatic carbocycles. The Bertz CT molecular complexity index is 379. The van der Waals surface area contributed by atoms with Crippen molar-refractivity contribution in [1.29, 1.82) is 0 Å². The zero-order chi connectivity index (χ0) is 13.8. The second-order valence-corrected chi connectivity index (χ2v) is 4.60. The number of rotatable bonds is 3. The Labute approximate surface area is 112 Å². The molecule has 2 rings (SSSR count). The van der Waals surface area contributed by atoms with Gasteiger partial charge in [0, 0.05) is 32.7 Å². The van der Waals surface area contributed by atoms with Gasteiger partial charge in [-0.1, -0.05) is 0 Å². The van der Waals surface area contributed by atoms with E-state index in [4.69, 9.17) is 4.74 Å². The van der Waals surface area contributed by atoms with Crippen molar-refractivity contribution in [2.24, 2.45) is 0 Å². The van der Waals surface area contributed by atoms with Gasteiger partial charge in [0.25, 0.3) is 0 Å². The van der Waals surface area contributed by atoms with Crippen molar-refractivity contribution in [3.8, 4) is 0 Å². The Morgan fingerprint density at radius 3 is 2.26 bits per heavy atom. The summed E-state index contributed by atoms with van der Waals surface area (Å²) in [5.74, 6) is -1.20. The molecule has 2 fully saturated rings. The fourth-order valence-corrected chi connectivity index (χ4v) is 2.24. The van der Waals surface area contributed by atoms with Gasteiger partial charge in [-0.15, -0.1) is 0 Å². The highest BCUT2D eigenvalue weighted by Gasteiger charge is 2.33. The lowest BCUT2D eigenvalue weighted by molar-refractivity contribution is -0.158. The Kier molecular flexibility index (Phi) is 4.36. The summed E-state index contributed by atoms with van der Waals surface area (Å²) in [7, 11) is 0. The van der Waals surface area contributed by atoms with Crippen LogP contribution in [0, 0.1) is 0 Å². The molecule has 0 aromatic rings. The summed E-state index contributed by atoms with van der Waals surface area (Å²) in [5.41, 5.74) is 0. The van der Waals surface area contributed by atoms with Crippen molar-refractivity contribution in [2.75, 3.05) is 52.5 Å². The number of hydrogen-bond acceptors (Lipinski definition) is 4. The maximum atomic E-state index is 12.0. The van der Waals surface area contributed by atoms with Crippen LogP contribution in [-0.2, 0) is 19.1 Å². The van der Waals surface area contributed by atoms with E-state index in [1.54, 1.807) is 4.90 Å². The number of ether oxygens (including phenoxy) is 1. The Balaban J connectivity index is 1.90. The van der Waals surface area contributed by atoms with Gasteiger partial charge in [-0.25, -0.2) is 0 Å². The SMILES string of the molecule is CCN1CCN(CC(=O)N2CCOCC2)C(=O)C1=O. The quantitative estimate of drug-likeness (QED) is 0.587. The molecule has 3 amide bonds.